The highest BCUT2D eigenvalue weighted by molar-refractivity contribution is 6.06. The second-order valence-corrected chi connectivity index (χ2v) is 5.72. The molecule has 2 aromatic carbocycles. The van der Waals surface area contributed by atoms with Gasteiger partial charge in [0, 0.05) is 5.56 Å². The van der Waals surface area contributed by atoms with Crippen LogP contribution in [0.25, 0.3) is 6.08 Å². The number of ether oxygens (including phenoxy) is 3. The highest BCUT2D eigenvalue weighted by Crippen LogP contribution is 2.31. The normalized spacial score (nSPS) is 14.0. The third kappa shape index (κ3) is 4.22. The standard InChI is InChI=1S/C20H18O6/c1-13(20(22)23)26-16-6-4-15(5-7-16)17(21)8-2-14-3-9-18-19(12-14)25-11-10-24-18/h2-9,12-13H,10-11H2,1H3,(H,22,23)/b8-2+/t13-/m1/s1. The summed E-state index contributed by atoms with van der Waals surface area (Å²) in [6, 6.07) is 11.8. The van der Waals surface area contributed by atoms with E-state index in [4.69, 9.17) is 19.3 Å². The number of carboxylic acid groups (broad SMARTS) is 1. The van der Waals surface area contributed by atoms with Crippen molar-refractivity contribution in [2.75, 3.05) is 13.2 Å². The lowest BCUT2D eigenvalue weighted by atomic mass is 10.1. The van der Waals surface area contributed by atoms with Crippen molar-refractivity contribution in [2.45, 2.75) is 13.0 Å². The second kappa shape index (κ2) is 7.74. The van der Waals surface area contributed by atoms with Crippen molar-refractivity contribution in [3.8, 4) is 17.2 Å². The predicted octanol–water partition coefficient (Wildman–Crippen LogP) is 3.21. The summed E-state index contributed by atoms with van der Waals surface area (Å²) in [7, 11) is 0. The quantitative estimate of drug-likeness (QED) is 0.634. The number of benzene rings is 2. The minimum Gasteiger partial charge on any atom is -0.486 e. The average Bonchev–Trinajstić information content (AvgIpc) is 2.66. The van der Waals surface area contributed by atoms with E-state index in [1.807, 2.05) is 18.2 Å². The van der Waals surface area contributed by atoms with E-state index in [0.29, 0.717) is 36.0 Å². The van der Waals surface area contributed by atoms with Gasteiger partial charge in [-0.05, 0) is 55.0 Å². The number of ketones is 1. The van der Waals surface area contributed by atoms with Crippen LogP contribution in [0.15, 0.2) is 48.5 Å². The van der Waals surface area contributed by atoms with Gasteiger partial charge in [-0.3, -0.25) is 4.79 Å². The predicted molar refractivity (Wildman–Crippen MR) is 95.0 cm³/mol. The number of hydrogen-bond donors (Lipinski definition) is 1. The van der Waals surface area contributed by atoms with Crippen LogP contribution in [0.5, 0.6) is 17.2 Å². The van der Waals surface area contributed by atoms with E-state index in [0.717, 1.165) is 5.56 Å². The van der Waals surface area contributed by atoms with Gasteiger partial charge in [0.1, 0.15) is 19.0 Å². The number of carbonyl (C=O) groups excluding carboxylic acids is 1. The topological polar surface area (TPSA) is 82.1 Å². The molecule has 0 aromatic heterocycles. The molecule has 1 atom stereocenters. The molecule has 26 heavy (non-hydrogen) atoms. The molecule has 134 valence electrons. The highest BCUT2D eigenvalue weighted by atomic mass is 16.6. The Morgan fingerprint density at radius 1 is 1.08 bits per heavy atom. The summed E-state index contributed by atoms with van der Waals surface area (Å²) in [5.74, 6) is 0.545. The molecular formula is C20H18O6. The van der Waals surface area contributed by atoms with Crippen LogP contribution in [-0.2, 0) is 4.79 Å². The van der Waals surface area contributed by atoms with Gasteiger partial charge in [0.2, 0.25) is 0 Å². The van der Waals surface area contributed by atoms with Gasteiger partial charge in [-0.15, -0.1) is 0 Å². The Morgan fingerprint density at radius 2 is 1.77 bits per heavy atom. The zero-order valence-corrected chi connectivity index (χ0v) is 14.2. The summed E-state index contributed by atoms with van der Waals surface area (Å²) < 4.78 is 16.2. The lowest BCUT2D eigenvalue weighted by molar-refractivity contribution is -0.144. The Morgan fingerprint density at radius 3 is 2.46 bits per heavy atom. The molecule has 2 aromatic rings. The summed E-state index contributed by atoms with van der Waals surface area (Å²) in [6.07, 6.45) is 2.23. The number of carboxylic acids is 1. The SMILES string of the molecule is C[C@@H](Oc1ccc(C(=O)/C=C/c2ccc3c(c2)OCCO3)cc1)C(=O)O. The van der Waals surface area contributed by atoms with E-state index in [2.05, 4.69) is 0 Å². The van der Waals surface area contributed by atoms with Crippen molar-refractivity contribution in [3.63, 3.8) is 0 Å². The minimum absolute atomic E-state index is 0.169. The summed E-state index contributed by atoms with van der Waals surface area (Å²) in [4.78, 5) is 23.1. The molecular weight excluding hydrogens is 336 g/mol. The molecule has 3 rings (SSSR count). The molecule has 0 fully saturated rings. The van der Waals surface area contributed by atoms with Crippen molar-refractivity contribution in [1.29, 1.82) is 0 Å². The summed E-state index contributed by atoms with van der Waals surface area (Å²) in [5, 5.41) is 8.83. The van der Waals surface area contributed by atoms with E-state index in [9.17, 15) is 9.59 Å². The lowest BCUT2D eigenvalue weighted by Gasteiger charge is -2.18. The van der Waals surface area contributed by atoms with E-state index >= 15 is 0 Å². The number of allylic oxidation sites excluding steroid dienone is 1. The van der Waals surface area contributed by atoms with Gasteiger partial charge in [0.25, 0.3) is 0 Å². The Hall–Kier alpha value is -3.28. The monoisotopic (exact) mass is 354 g/mol. The molecule has 0 spiro atoms. The smallest absolute Gasteiger partial charge is 0.344 e. The maximum Gasteiger partial charge on any atom is 0.344 e. The second-order valence-electron chi connectivity index (χ2n) is 5.72. The van der Waals surface area contributed by atoms with Gasteiger partial charge in [0.15, 0.2) is 23.4 Å². The lowest BCUT2D eigenvalue weighted by Crippen LogP contribution is -2.22. The molecule has 0 radical (unpaired) electrons. The Bertz CT molecular complexity index is 838. The molecule has 0 saturated heterocycles. The third-order valence-corrected chi connectivity index (χ3v) is 3.79. The first-order valence-electron chi connectivity index (χ1n) is 8.14. The number of carbonyl (C=O) groups is 2. The van der Waals surface area contributed by atoms with Gasteiger partial charge in [-0.2, -0.15) is 0 Å². The first-order chi connectivity index (χ1) is 12.5. The highest BCUT2D eigenvalue weighted by Gasteiger charge is 2.13. The van der Waals surface area contributed by atoms with Crippen LogP contribution in [0.2, 0.25) is 0 Å². The number of aliphatic carboxylic acids is 1. The Labute approximate surface area is 150 Å². The summed E-state index contributed by atoms with van der Waals surface area (Å²) in [6.45, 7) is 2.48. The molecule has 0 aliphatic carbocycles. The first-order valence-corrected chi connectivity index (χ1v) is 8.14. The van der Waals surface area contributed by atoms with E-state index in [1.54, 1.807) is 30.3 Å². The van der Waals surface area contributed by atoms with Crippen LogP contribution in [0.1, 0.15) is 22.8 Å². The van der Waals surface area contributed by atoms with Crippen molar-refractivity contribution < 1.29 is 28.9 Å². The Kier molecular flexibility index (Phi) is 5.22. The minimum atomic E-state index is -1.05. The zero-order valence-electron chi connectivity index (χ0n) is 14.2. The van der Waals surface area contributed by atoms with E-state index in [-0.39, 0.29) is 5.78 Å². The van der Waals surface area contributed by atoms with Gasteiger partial charge >= 0.3 is 5.97 Å². The molecule has 1 aliphatic heterocycles. The summed E-state index contributed by atoms with van der Waals surface area (Å²) >= 11 is 0. The van der Waals surface area contributed by atoms with Gasteiger partial charge < -0.3 is 19.3 Å². The molecule has 0 unspecified atom stereocenters. The molecule has 1 heterocycles. The van der Waals surface area contributed by atoms with Crippen LogP contribution in [-0.4, -0.2) is 36.2 Å². The molecule has 0 bridgehead atoms. The Balaban J connectivity index is 1.66. The number of rotatable bonds is 6. The van der Waals surface area contributed by atoms with Crippen molar-refractivity contribution >= 4 is 17.8 Å². The molecule has 1 N–H and O–H groups in total. The molecule has 0 amide bonds. The maximum atomic E-state index is 12.3. The molecule has 1 aliphatic rings. The largest absolute Gasteiger partial charge is 0.486 e. The van der Waals surface area contributed by atoms with Crippen molar-refractivity contribution in [3.05, 3.63) is 59.7 Å². The van der Waals surface area contributed by atoms with Gasteiger partial charge in [-0.1, -0.05) is 12.1 Å². The maximum absolute atomic E-state index is 12.3. The van der Waals surface area contributed by atoms with Crippen LogP contribution in [0, 0.1) is 0 Å². The third-order valence-electron chi connectivity index (χ3n) is 3.79. The number of fused-ring (bicyclic) bond motifs is 1. The first kappa shape index (κ1) is 17.5. The molecule has 0 saturated carbocycles. The van der Waals surface area contributed by atoms with Crippen LogP contribution in [0.4, 0.5) is 0 Å². The fraction of sp³-hybridized carbons (Fsp3) is 0.200. The fourth-order valence-electron chi connectivity index (χ4n) is 2.38. The van der Waals surface area contributed by atoms with Crippen LogP contribution < -0.4 is 14.2 Å². The van der Waals surface area contributed by atoms with Crippen molar-refractivity contribution in [2.24, 2.45) is 0 Å². The molecule has 6 heteroatoms. The van der Waals surface area contributed by atoms with E-state index < -0.39 is 12.1 Å². The van der Waals surface area contributed by atoms with Crippen LogP contribution >= 0.6 is 0 Å². The molecule has 6 nitrogen and oxygen atoms in total. The average molecular weight is 354 g/mol. The van der Waals surface area contributed by atoms with Crippen molar-refractivity contribution in [1.82, 2.24) is 0 Å². The van der Waals surface area contributed by atoms with Gasteiger partial charge in [-0.25, -0.2) is 4.79 Å². The number of hydrogen-bond acceptors (Lipinski definition) is 5. The van der Waals surface area contributed by atoms with Crippen LogP contribution in [0.3, 0.4) is 0 Å². The fourth-order valence-corrected chi connectivity index (χ4v) is 2.38. The van der Waals surface area contributed by atoms with Gasteiger partial charge in [0.05, 0.1) is 0 Å². The van der Waals surface area contributed by atoms with E-state index in [1.165, 1.54) is 13.0 Å². The zero-order chi connectivity index (χ0) is 18.5. The summed E-state index contributed by atoms with van der Waals surface area (Å²) in [5.41, 5.74) is 1.31.